The Kier molecular flexibility index (Phi) is 7.53. The molecule has 0 radical (unpaired) electrons. The van der Waals surface area contributed by atoms with Gasteiger partial charge in [-0.15, -0.1) is 0 Å². The average molecular weight is 460 g/mol. The number of pyridine rings is 1. The highest BCUT2D eigenvalue weighted by Crippen LogP contribution is 2.39. The summed E-state index contributed by atoms with van der Waals surface area (Å²) in [5, 5.41) is 12.9. The van der Waals surface area contributed by atoms with Gasteiger partial charge in [0.15, 0.2) is 0 Å². The van der Waals surface area contributed by atoms with E-state index in [0.717, 1.165) is 35.2 Å². The molecule has 1 aliphatic heterocycles. The fraction of sp³-hybridized carbons (Fsp3) is 0.375. The first kappa shape index (κ1) is 24.4. The van der Waals surface area contributed by atoms with Gasteiger partial charge in [-0.05, 0) is 41.3 Å². The number of hydrogen-bond donors (Lipinski definition) is 3. The molecule has 2 heterocycles. The first-order chi connectivity index (χ1) is 15.6. The van der Waals surface area contributed by atoms with Gasteiger partial charge in [-0.25, -0.2) is 0 Å². The number of nitrogens with one attached hydrogen (secondary N) is 3. The lowest BCUT2D eigenvalue weighted by molar-refractivity contribution is -0.137. The minimum atomic E-state index is -4.35. The van der Waals surface area contributed by atoms with Crippen LogP contribution in [0, 0.1) is 11.3 Å². The Morgan fingerprint density at radius 3 is 2.58 bits per heavy atom. The van der Waals surface area contributed by atoms with E-state index in [0.29, 0.717) is 24.4 Å². The quantitative estimate of drug-likeness (QED) is 0.515. The van der Waals surface area contributed by atoms with Gasteiger partial charge in [0, 0.05) is 38.2 Å². The molecule has 0 saturated carbocycles. The number of aromatic nitrogens is 1. The molecule has 1 amide bonds. The molecule has 3 rings (SSSR count). The SMILES string of the molecule is CN/C(=C\C=N)CNC(=O)c1cnc2c(c1)CN(Cc1ccc(C(F)(F)F)cc1)[C@H]2C(C)C. The summed E-state index contributed by atoms with van der Waals surface area (Å²) in [6.07, 6.45) is -0.0860. The first-order valence-corrected chi connectivity index (χ1v) is 10.7. The van der Waals surface area contributed by atoms with Gasteiger partial charge in [0.2, 0.25) is 0 Å². The van der Waals surface area contributed by atoms with Crippen molar-refractivity contribution in [2.24, 2.45) is 5.92 Å². The number of allylic oxidation sites excluding steroid dienone is 1. The third-order valence-electron chi connectivity index (χ3n) is 5.65. The van der Waals surface area contributed by atoms with Crippen LogP contribution in [0.4, 0.5) is 13.2 Å². The van der Waals surface area contributed by atoms with E-state index in [1.54, 1.807) is 19.3 Å². The Morgan fingerprint density at radius 1 is 1.30 bits per heavy atom. The average Bonchev–Trinajstić information content (AvgIpc) is 3.13. The van der Waals surface area contributed by atoms with Crippen molar-refractivity contribution in [3.8, 4) is 0 Å². The second-order valence-electron chi connectivity index (χ2n) is 8.35. The van der Waals surface area contributed by atoms with E-state index in [1.807, 2.05) is 6.07 Å². The standard InChI is InChI=1S/C24H28F3N5O/c1-15(2)22-21-18(10-17(11-30-21)23(33)31-12-20(29-3)8-9-28)14-32(22)13-16-4-6-19(7-5-16)24(25,26)27/h4-11,15,22,28-29H,12-14H2,1-3H3,(H,31,33)/b20-8-,28-9?/t22-/m0/s1. The van der Waals surface area contributed by atoms with Gasteiger partial charge >= 0.3 is 6.18 Å². The maximum Gasteiger partial charge on any atom is 0.416 e. The highest BCUT2D eigenvalue weighted by Gasteiger charge is 2.35. The zero-order valence-corrected chi connectivity index (χ0v) is 18.8. The third kappa shape index (κ3) is 5.78. The van der Waals surface area contributed by atoms with Crippen LogP contribution < -0.4 is 10.6 Å². The first-order valence-electron chi connectivity index (χ1n) is 10.7. The molecule has 0 aliphatic carbocycles. The molecule has 0 fully saturated rings. The molecule has 6 nitrogen and oxygen atoms in total. The fourth-order valence-corrected chi connectivity index (χ4v) is 4.06. The van der Waals surface area contributed by atoms with Gasteiger partial charge in [0.25, 0.3) is 5.91 Å². The molecule has 1 aliphatic rings. The van der Waals surface area contributed by atoms with Crippen LogP contribution in [0.3, 0.4) is 0 Å². The Morgan fingerprint density at radius 2 is 2.00 bits per heavy atom. The molecule has 0 spiro atoms. The Balaban J connectivity index is 1.75. The fourth-order valence-electron chi connectivity index (χ4n) is 4.06. The highest BCUT2D eigenvalue weighted by molar-refractivity contribution is 5.94. The van der Waals surface area contributed by atoms with Crippen molar-refractivity contribution in [2.45, 2.75) is 39.2 Å². The van der Waals surface area contributed by atoms with Crippen LogP contribution in [-0.2, 0) is 19.3 Å². The Labute approximate surface area is 191 Å². The summed E-state index contributed by atoms with van der Waals surface area (Å²) in [5.41, 5.74) is 3.11. The van der Waals surface area contributed by atoms with Gasteiger partial charge < -0.3 is 16.0 Å². The molecular formula is C24H28F3N5O. The lowest BCUT2D eigenvalue weighted by atomic mass is 9.99. The molecule has 9 heteroatoms. The summed E-state index contributed by atoms with van der Waals surface area (Å²) < 4.78 is 38.6. The van der Waals surface area contributed by atoms with Crippen LogP contribution >= 0.6 is 0 Å². The number of benzene rings is 1. The molecule has 1 aromatic carbocycles. The highest BCUT2D eigenvalue weighted by atomic mass is 19.4. The van der Waals surface area contributed by atoms with Crippen molar-refractivity contribution >= 4 is 12.1 Å². The van der Waals surface area contributed by atoms with Crippen LogP contribution in [0.2, 0.25) is 0 Å². The summed E-state index contributed by atoms with van der Waals surface area (Å²) in [4.78, 5) is 19.4. The van der Waals surface area contributed by atoms with Crippen molar-refractivity contribution < 1.29 is 18.0 Å². The lowest BCUT2D eigenvalue weighted by Crippen LogP contribution is -2.29. The monoisotopic (exact) mass is 459 g/mol. The summed E-state index contributed by atoms with van der Waals surface area (Å²) in [5.74, 6) is -0.0314. The van der Waals surface area contributed by atoms with Crippen molar-refractivity contribution in [1.29, 1.82) is 5.41 Å². The Bertz CT molecular complexity index is 1030. The maximum absolute atomic E-state index is 12.9. The number of fused-ring (bicyclic) bond motifs is 1. The van der Waals surface area contributed by atoms with Crippen molar-refractivity contribution in [3.05, 3.63) is 76.2 Å². The van der Waals surface area contributed by atoms with E-state index >= 15 is 0 Å². The molecule has 1 atom stereocenters. The molecule has 3 N–H and O–H groups in total. The van der Waals surface area contributed by atoms with Crippen LogP contribution in [0.5, 0.6) is 0 Å². The van der Waals surface area contributed by atoms with Gasteiger partial charge in [-0.3, -0.25) is 14.7 Å². The predicted molar refractivity (Wildman–Crippen MR) is 121 cm³/mol. The molecule has 0 unspecified atom stereocenters. The van der Waals surface area contributed by atoms with Crippen LogP contribution in [0.1, 0.15) is 52.6 Å². The number of alkyl halides is 3. The van der Waals surface area contributed by atoms with Gasteiger partial charge in [0.1, 0.15) is 0 Å². The number of likely N-dealkylation sites (N-methyl/N-ethyl adjacent to an activating group) is 1. The summed E-state index contributed by atoms with van der Waals surface area (Å²) >= 11 is 0. The molecule has 2 aromatic rings. The topological polar surface area (TPSA) is 81.1 Å². The maximum atomic E-state index is 12.9. The number of carbonyl (C=O) groups excluding carboxylic acids is 1. The van der Waals surface area contributed by atoms with Crippen molar-refractivity contribution in [1.82, 2.24) is 20.5 Å². The third-order valence-corrected chi connectivity index (χ3v) is 5.65. The predicted octanol–water partition coefficient (Wildman–Crippen LogP) is 4.30. The molecule has 1 aromatic heterocycles. The van der Waals surface area contributed by atoms with E-state index < -0.39 is 11.7 Å². The molecule has 176 valence electrons. The van der Waals surface area contributed by atoms with E-state index in [4.69, 9.17) is 5.41 Å². The zero-order chi connectivity index (χ0) is 24.2. The summed E-state index contributed by atoms with van der Waals surface area (Å²) in [6, 6.07) is 7.07. The normalized spacial score (nSPS) is 16.6. The minimum Gasteiger partial charge on any atom is -0.390 e. The van der Waals surface area contributed by atoms with Gasteiger partial charge in [0.05, 0.1) is 29.4 Å². The van der Waals surface area contributed by atoms with E-state index in [1.165, 1.54) is 12.1 Å². The molecule has 0 bridgehead atoms. The second kappa shape index (κ2) is 10.2. The van der Waals surface area contributed by atoms with Crippen molar-refractivity contribution in [2.75, 3.05) is 13.6 Å². The zero-order valence-electron chi connectivity index (χ0n) is 18.8. The van der Waals surface area contributed by atoms with Gasteiger partial charge in [-0.2, -0.15) is 13.2 Å². The number of amides is 1. The van der Waals surface area contributed by atoms with Gasteiger partial charge in [-0.1, -0.05) is 26.0 Å². The van der Waals surface area contributed by atoms with Crippen LogP contribution in [0.15, 0.2) is 48.3 Å². The summed E-state index contributed by atoms with van der Waals surface area (Å²) in [7, 11) is 1.72. The number of rotatable bonds is 8. The number of nitrogens with zero attached hydrogens (tertiary/aromatic N) is 2. The molecular weight excluding hydrogens is 431 g/mol. The lowest BCUT2D eigenvalue weighted by Gasteiger charge is -2.27. The van der Waals surface area contributed by atoms with E-state index in [-0.39, 0.29) is 24.4 Å². The van der Waals surface area contributed by atoms with E-state index in [9.17, 15) is 18.0 Å². The smallest absolute Gasteiger partial charge is 0.390 e. The second-order valence-corrected chi connectivity index (χ2v) is 8.35. The van der Waals surface area contributed by atoms with Crippen molar-refractivity contribution in [3.63, 3.8) is 0 Å². The number of carbonyl (C=O) groups is 1. The minimum absolute atomic E-state index is 0.00539. The number of hydrogen-bond acceptors (Lipinski definition) is 5. The van der Waals surface area contributed by atoms with Crippen LogP contribution in [-0.4, -0.2) is 35.6 Å². The number of halogens is 3. The Hall–Kier alpha value is -3.20. The van der Waals surface area contributed by atoms with Crippen LogP contribution in [0.25, 0.3) is 0 Å². The molecule has 0 saturated heterocycles. The largest absolute Gasteiger partial charge is 0.416 e. The molecule has 33 heavy (non-hydrogen) atoms. The van der Waals surface area contributed by atoms with E-state index in [2.05, 4.69) is 34.4 Å². The summed E-state index contributed by atoms with van der Waals surface area (Å²) in [6.45, 7) is 5.46.